The van der Waals surface area contributed by atoms with Crippen LogP contribution in [0.2, 0.25) is 0 Å². The van der Waals surface area contributed by atoms with Gasteiger partial charge in [-0.15, -0.1) is 0 Å². The quantitative estimate of drug-likeness (QED) is 0.343. The van der Waals surface area contributed by atoms with Gasteiger partial charge in [-0.25, -0.2) is 0 Å². The van der Waals surface area contributed by atoms with Crippen molar-refractivity contribution in [2.24, 2.45) is 11.8 Å². The molecular formula is C17H30O5. The molecule has 1 fully saturated rings. The summed E-state index contributed by atoms with van der Waals surface area (Å²) >= 11 is 0. The van der Waals surface area contributed by atoms with Crippen molar-refractivity contribution in [1.82, 2.24) is 0 Å². The van der Waals surface area contributed by atoms with Crippen LogP contribution in [0.3, 0.4) is 0 Å². The van der Waals surface area contributed by atoms with E-state index in [-0.39, 0.29) is 30.5 Å². The van der Waals surface area contributed by atoms with Crippen molar-refractivity contribution in [1.29, 1.82) is 0 Å². The number of aliphatic hydroxyl groups excluding tert-OH is 3. The van der Waals surface area contributed by atoms with E-state index in [9.17, 15) is 15.0 Å². The van der Waals surface area contributed by atoms with Crippen LogP contribution < -0.4 is 0 Å². The smallest absolute Gasteiger partial charge is 0.303 e. The van der Waals surface area contributed by atoms with E-state index >= 15 is 0 Å². The zero-order valence-electron chi connectivity index (χ0n) is 13.6. The average Bonchev–Trinajstić information content (AvgIpc) is 2.71. The second-order valence-corrected chi connectivity index (χ2v) is 6.15. The summed E-state index contributed by atoms with van der Waals surface area (Å²) < 4.78 is 5.29. The molecule has 1 rings (SSSR count). The van der Waals surface area contributed by atoms with Gasteiger partial charge in [0.05, 0.1) is 12.2 Å². The van der Waals surface area contributed by atoms with Crippen LogP contribution in [-0.4, -0.2) is 46.2 Å². The van der Waals surface area contributed by atoms with Crippen molar-refractivity contribution in [3.05, 3.63) is 12.2 Å². The zero-order chi connectivity index (χ0) is 16.5. The van der Waals surface area contributed by atoms with Gasteiger partial charge in [0, 0.05) is 25.9 Å². The normalized spacial score (nSPS) is 29.9. The second-order valence-electron chi connectivity index (χ2n) is 6.15. The minimum Gasteiger partial charge on any atom is -0.458 e. The molecular weight excluding hydrogens is 284 g/mol. The number of rotatable bonds is 9. The van der Waals surface area contributed by atoms with Gasteiger partial charge in [-0.2, -0.15) is 0 Å². The molecule has 0 unspecified atom stereocenters. The van der Waals surface area contributed by atoms with Crippen LogP contribution in [0, 0.1) is 11.8 Å². The number of aliphatic hydroxyl groups is 3. The molecule has 0 heterocycles. The van der Waals surface area contributed by atoms with Gasteiger partial charge in [0.15, 0.2) is 0 Å². The number of hydrogen-bond donors (Lipinski definition) is 3. The van der Waals surface area contributed by atoms with E-state index in [0.717, 1.165) is 25.7 Å². The summed E-state index contributed by atoms with van der Waals surface area (Å²) in [6.07, 6.45) is 6.90. The predicted molar refractivity (Wildman–Crippen MR) is 84.1 cm³/mol. The fourth-order valence-corrected chi connectivity index (χ4v) is 3.18. The van der Waals surface area contributed by atoms with Gasteiger partial charge in [0.2, 0.25) is 0 Å². The van der Waals surface area contributed by atoms with Crippen molar-refractivity contribution in [2.45, 2.75) is 70.7 Å². The number of carbonyl (C=O) groups is 1. The minimum atomic E-state index is -0.614. The predicted octanol–water partition coefficient (Wildman–Crippen LogP) is 1.79. The molecule has 0 radical (unpaired) electrons. The Bertz CT molecular complexity index is 355. The van der Waals surface area contributed by atoms with E-state index < -0.39 is 12.2 Å². The Hall–Kier alpha value is -0.910. The third-order valence-corrected chi connectivity index (χ3v) is 4.34. The third kappa shape index (κ3) is 6.07. The first-order valence-electron chi connectivity index (χ1n) is 8.32. The molecule has 5 atom stereocenters. The van der Waals surface area contributed by atoms with Crippen molar-refractivity contribution in [3.8, 4) is 0 Å². The molecule has 22 heavy (non-hydrogen) atoms. The lowest BCUT2D eigenvalue weighted by atomic mass is 9.90. The van der Waals surface area contributed by atoms with Gasteiger partial charge in [-0.1, -0.05) is 25.8 Å². The standard InChI is InChI=1S/C17H30O5/c1-3-4-5-6-13(22-12(2)19)7-8-14-15(9-10-18)17(21)11-16(14)20/h7-8,13-18,20-21H,3-6,9-11H2,1-2H3/b8-7+/t13-,14+,15+,16+,17-/m1/s1. The maximum absolute atomic E-state index is 11.2. The van der Waals surface area contributed by atoms with E-state index in [2.05, 4.69) is 6.92 Å². The van der Waals surface area contributed by atoms with E-state index in [0.29, 0.717) is 12.8 Å². The first kappa shape index (κ1) is 19.1. The maximum Gasteiger partial charge on any atom is 0.303 e. The van der Waals surface area contributed by atoms with Crippen LogP contribution in [0.1, 0.15) is 52.4 Å². The van der Waals surface area contributed by atoms with Crippen LogP contribution in [0.25, 0.3) is 0 Å². The molecule has 1 saturated carbocycles. The van der Waals surface area contributed by atoms with Gasteiger partial charge in [0.25, 0.3) is 0 Å². The van der Waals surface area contributed by atoms with E-state index in [4.69, 9.17) is 9.84 Å². The van der Waals surface area contributed by atoms with Crippen molar-refractivity contribution in [2.75, 3.05) is 6.61 Å². The lowest BCUT2D eigenvalue weighted by Gasteiger charge is -2.20. The highest BCUT2D eigenvalue weighted by Crippen LogP contribution is 2.36. The molecule has 0 spiro atoms. The summed E-state index contributed by atoms with van der Waals surface area (Å²) in [5.74, 6) is -0.665. The van der Waals surface area contributed by atoms with Crippen LogP contribution in [0.15, 0.2) is 12.2 Å². The molecule has 0 bridgehead atoms. The van der Waals surface area contributed by atoms with Crippen LogP contribution in [0.4, 0.5) is 0 Å². The summed E-state index contributed by atoms with van der Waals surface area (Å²) in [4.78, 5) is 11.2. The first-order valence-corrected chi connectivity index (χ1v) is 8.32. The Kier molecular flexibility index (Phi) is 8.68. The SMILES string of the molecule is CCCCC[C@H](/C=C/[C@H]1[C@H](CCO)[C@H](O)C[C@@H]1O)OC(C)=O. The minimum absolute atomic E-state index is 0.0112. The Morgan fingerprint density at radius 1 is 1.32 bits per heavy atom. The van der Waals surface area contributed by atoms with Crippen LogP contribution in [0.5, 0.6) is 0 Å². The summed E-state index contributed by atoms with van der Waals surface area (Å²) in [6, 6.07) is 0. The van der Waals surface area contributed by atoms with E-state index in [1.807, 2.05) is 12.2 Å². The number of unbranched alkanes of at least 4 members (excludes halogenated alkanes) is 2. The summed E-state index contributed by atoms with van der Waals surface area (Å²) in [5.41, 5.74) is 0. The summed E-state index contributed by atoms with van der Waals surface area (Å²) in [5, 5.41) is 29.1. The van der Waals surface area contributed by atoms with Crippen LogP contribution >= 0.6 is 0 Å². The van der Waals surface area contributed by atoms with Crippen molar-refractivity contribution >= 4 is 5.97 Å². The Morgan fingerprint density at radius 2 is 2.05 bits per heavy atom. The molecule has 0 amide bonds. The number of carbonyl (C=O) groups excluding carboxylic acids is 1. The van der Waals surface area contributed by atoms with Gasteiger partial charge >= 0.3 is 5.97 Å². The molecule has 0 aromatic rings. The maximum atomic E-state index is 11.2. The van der Waals surface area contributed by atoms with E-state index in [1.165, 1.54) is 6.92 Å². The van der Waals surface area contributed by atoms with Gasteiger partial charge in [-0.3, -0.25) is 4.79 Å². The Morgan fingerprint density at radius 3 is 2.64 bits per heavy atom. The molecule has 5 heteroatoms. The van der Waals surface area contributed by atoms with Crippen molar-refractivity contribution < 1.29 is 24.9 Å². The van der Waals surface area contributed by atoms with Crippen LogP contribution in [-0.2, 0) is 9.53 Å². The van der Waals surface area contributed by atoms with Gasteiger partial charge < -0.3 is 20.1 Å². The molecule has 0 aromatic heterocycles. The van der Waals surface area contributed by atoms with Crippen molar-refractivity contribution in [3.63, 3.8) is 0 Å². The largest absolute Gasteiger partial charge is 0.458 e. The molecule has 0 aromatic carbocycles. The van der Waals surface area contributed by atoms with Gasteiger partial charge in [-0.05, 0) is 31.3 Å². The zero-order valence-corrected chi connectivity index (χ0v) is 13.6. The molecule has 0 aliphatic heterocycles. The lowest BCUT2D eigenvalue weighted by Crippen LogP contribution is -2.22. The topological polar surface area (TPSA) is 87.0 Å². The fourth-order valence-electron chi connectivity index (χ4n) is 3.18. The average molecular weight is 314 g/mol. The highest BCUT2D eigenvalue weighted by atomic mass is 16.5. The Labute approximate surface area is 133 Å². The number of hydrogen-bond acceptors (Lipinski definition) is 5. The molecule has 128 valence electrons. The first-order chi connectivity index (χ1) is 10.5. The number of esters is 1. The highest BCUT2D eigenvalue weighted by molar-refractivity contribution is 5.66. The number of ether oxygens (including phenoxy) is 1. The highest BCUT2D eigenvalue weighted by Gasteiger charge is 2.39. The molecule has 3 N–H and O–H groups in total. The monoisotopic (exact) mass is 314 g/mol. The Balaban J connectivity index is 2.67. The lowest BCUT2D eigenvalue weighted by molar-refractivity contribution is -0.144. The summed E-state index contributed by atoms with van der Waals surface area (Å²) in [7, 11) is 0. The molecule has 1 aliphatic carbocycles. The molecule has 1 aliphatic rings. The fraction of sp³-hybridized carbons (Fsp3) is 0.824. The third-order valence-electron chi connectivity index (χ3n) is 4.34. The van der Waals surface area contributed by atoms with E-state index in [1.54, 1.807) is 0 Å². The summed E-state index contributed by atoms with van der Waals surface area (Å²) in [6.45, 7) is 3.50. The van der Waals surface area contributed by atoms with Gasteiger partial charge in [0.1, 0.15) is 6.10 Å². The molecule has 5 nitrogen and oxygen atoms in total. The molecule has 0 saturated heterocycles. The second kappa shape index (κ2) is 9.98.